The number of carbonyl (C=O) groups excluding carboxylic acids is 1. The van der Waals surface area contributed by atoms with Gasteiger partial charge >= 0.3 is 5.97 Å². The molecule has 0 spiro atoms. The summed E-state index contributed by atoms with van der Waals surface area (Å²) in [6.07, 6.45) is 1.68. The lowest BCUT2D eigenvalue weighted by atomic mass is 9.95. The van der Waals surface area contributed by atoms with Crippen LogP contribution in [0.3, 0.4) is 0 Å². The number of nitrogens with zero attached hydrogens (tertiary/aromatic N) is 2. The van der Waals surface area contributed by atoms with Gasteiger partial charge in [-0.25, -0.2) is 14.2 Å². The van der Waals surface area contributed by atoms with E-state index < -0.39 is 12.0 Å². The van der Waals surface area contributed by atoms with Crippen molar-refractivity contribution in [2.45, 2.75) is 26.5 Å². The summed E-state index contributed by atoms with van der Waals surface area (Å²) >= 11 is 11.1. The molecule has 0 unspecified atom stereocenters. The Balaban J connectivity index is 1.66. The highest BCUT2D eigenvalue weighted by atomic mass is 79.9. The summed E-state index contributed by atoms with van der Waals surface area (Å²) in [4.78, 5) is 32.5. The van der Waals surface area contributed by atoms with Crippen molar-refractivity contribution in [2.75, 3.05) is 20.8 Å². The number of methoxy groups -OCH3 is 2. The summed E-state index contributed by atoms with van der Waals surface area (Å²) in [5.74, 6) is 0.458. The average Bonchev–Trinajstić information content (AvgIpc) is 3.30. The van der Waals surface area contributed by atoms with Crippen molar-refractivity contribution in [3.8, 4) is 17.2 Å². The lowest BCUT2D eigenvalue weighted by Gasteiger charge is -2.26. The molecule has 0 fully saturated rings. The average molecular weight is 702 g/mol. The Kier molecular flexibility index (Phi) is 9.57. The first-order chi connectivity index (χ1) is 21.1. The van der Waals surface area contributed by atoms with Crippen LogP contribution in [0.5, 0.6) is 17.2 Å². The maximum atomic E-state index is 14.2. The third-order valence-corrected chi connectivity index (χ3v) is 8.79. The van der Waals surface area contributed by atoms with Crippen molar-refractivity contribution < 1.29 is 28.1 Å². The molecule has 1 aliphatic heterocycles. The first kappa shape index (κ1) is 31.5. The minimum Gasteiger partial charge on any atom is -0.493 e. The van der Waals surface area contributed by atoms with E-state index in [2.05, 4.69) is 20.9 Å². The van der Waals surface area contributed by atoms with Crippen molar-refractivity contribution in [1.82, 2.24) is 4.57 Å². The van der Waals surface area contributed by atoms with Crippen LogP contribution in [0.4, 0.5) is 4.39 Å². The lowest BCUT2D eigenvalue weighted by molar-refractivity contribution is -0.139. The van der Waals surface area contributed by atoms with Gasteiger partial charge in [-0.2, -0.15) is 0 Å². The van der Waals surface area contributed by atoms with E-state index in [1.54, 1.807) is 62.4 Å². The normalized spacial score (nSPS) is 14.6. The summed E-state index contributed by atoms with van der Waals surface area (Å²) in [5, 5.41) is 0.450. The maximum Gasteiger partial charge on any atom is 0.338 e. The Bertz CT molecular complexity index is 1950. The van der Waals surface area contributed by atoms with Gasteiger partial charge in [-0.1, -0.05) is 51.0 Å². The van der Waals surface area contributed by atoms with Gasteiger partial charge in [0.15, 0.2) is 16.3 Å². The highest BCUT2D eigenvalue weighted by Crippen LogP contribution is 2.40. The number of ether oxygens (including phenoxy) is 4. The summed E-state index contributed by atoms with van der Waals surface area (Å²) in [5.41, 5.74) is 2.20. The number of carbonyl (C=O) groups is 1. The molecule has 1 aliphatic rings. The van der Waals surface area contributed by atoms with Crippen molar-refractivity contribution in [3.05, 3.63) is 118 Å². The number of fused-ring (bicyclic) bond motifs is 1. The second-order valence-corrected chi connectivity index (χ2v) is 11.9. The molecule has 0 saturated heterocycles. The summed E-state index contributed by atoms with van der Waals surface area (Å²) in [7, 11) is 3.03. The summed E-state index contributed by atoms with van der Waals surface area (Å²) < 4.78 is 38.2. The molecule has 0 saturated carbocycles. The molecular formula is C32H27BrClFN2O6S. The van der Waals surface area contributed by atoms with Crippen LogP contribution in [-0.2, 0) is 16.1 Å². The maximum absolute atomic E-state index is 14.2. The summed E-state index contributed by atoms with van der Waals surface area (Å²) in [6, 6.07) is 13.7. The molecule has 0 radical (unpaired) electrons. The fourth-order valence-electron chi connectivity index (χ4n) is 4.81. The van der Waals surface area contributed by atoms with Crippen LogP contribution >= 0.6 is 38.9 Å². The fourth-order valence-corrected chi connectivity index (χ4v) is 6.57. The van der Waals surface area contributed by atoms with Crippen LogP contribution in [0.25, 0.3) is 6.08 Å². The molecule has 8 nitrogen and oxygen atoms in total. The van der Waals surface area contributed by atoms with E-state index in [4.69, 9.17) is 30.5 Å². The first-order valence-electron chi connectivity index (χ1n) is 13.4. The topological polar surface area (TPSA) is 88.4 Å². The van der Waals surface area contributed by atoms with Crippen molar-refractivity contribution in [3.63, 3.8) is 0 Å². The number of thiazole rings is 1. The molecule has 5 rings (SSSR count). The lowest BCUT2D eigenvalue weighted by Crippen LogP contribution is -2.40. The number of benzene rings is 3. The van der Waals surface area contributed by atoms with Gasteiger partial charge in [0.1, 0.15) is 18.2 Å². The number of halogens is 3. The van der Waals surface area contributed by atoms with E-state index in [-0.39, 0.29) is 30.2 Å². The minimum atomic E-state index is -0.879. The standard InChI is InChI=1S/C32H27BrClFN2O6S/c1-5-42-31(39)28-17(2)36-32-37(29(28)22-14-25(40-3)26(41-4)15-23(22)33)30(38)27(44-32)13-19-12-20(34)8-11-24(19)43-16-18-6-9-21(35)10-7-18/h6-15,29H,5,16H2,1-4H3/b27-13-/t29-/m1/s1. The number of rotatable bonds is 9. The largest absolute Gasteiger partial charge is 0.493 e. The van der Waals surface area contributed by atoms with Gasteiger partial charge in [-0.05, 0) is 73.5 Å². The van der Waals surface area contributed by atoms with Crippen LogP contribution in [-0.4, -0.2) is 31.4 Å². The predicted octanol–water partition coefficient (Wildman–Crippen LogP) is 5.95. The Morgan fingerprint density at radius 2 is 1.80 bits per heavy atom. The molecule has 2 heterocycles. The Morgan fingerprint density at radius 1 is 1.09 bits per heavy atom. The van der Waals surface area contributed by atoms with E-state index in [1.807, 2.05) is 0 Å². The molecule has 44 heavy (non-hydrogen) atoms. The Labute approximate surface area is 269 Å². The smallest absolute Gasteiger partial charge is 0.338 e. The highest BCUT2D eigenvalue weighted by Gasteiger charge is 2.35. The van der Waals surface area contributed by atoms with Gasteiger partial charge in [-0.15, -0.1) is 0 Å². The molecule has 0 aliphatic carbocycles. The number of allylic oxidation sites excluding steroid dienone is 1. The van der Waals surface area contributed by atoms with Gasteiger partial charge in [-0.3, -0.25) is 9.36 Å². The predicted molar refractivity (Wildman–Crippen MR) is 170 cm³/mol. The van der Waals surface area contributed by atoms with Gasteiger partial charge in [0.05, 0.1) is 42.7 Å². The third-order valence-electron chi connectivity index (χ3n) is 6.88. The Hall–Kier alpha value is -3.93. The second kappa shape index (κ2) is 13.4. The molecule has 4 aromatic rings. The molecule has 1 aromatic heterocycles. The number of esters is 1. The van der Waals surface area contributed by atoms with Gasteiger partial charge < -0.3 is 18.9 Å². The van der Waals surface area contributed by atoms with Crippen LogP contribution in [0.1, 0.15) is 36.6 Å². The third kappa shape index (κ3) is 6.31. The van der Waals surface area contributed by atoms with E-state index in [9.17, 15) is 14.0 Å². The van der Waals surface area contributed by atoms with Crippen molar-refractivity contribution >= 4 is 50.9 Å². The van der Waals surface area contributed by atoms with Crippen LogP contribution in [0.2, 0.25) is 5.02 Å². The highest BCUT2D eigenvalue weighted by molar-refractivity contribution is 9.10. The zero-order valence-corrected chi connectivity index (χ0v) is 27.3. The Morgan fingerprint density at radius 3 is 2.48 bits per heavy atom. The SMILES string of the molecule is CCOC(=O)C1=C(C)N=c2s/c(=C\c3cc(Cl)ccc3OCc3ccc(F)cc3)c(=O)n2[C@@H]1c1cc(OC)c(OC)cc1Br. The van der Waals surface area contributed by atoms with Gasteiger partial charge in [0.25, 0.3) is 5.56 Å². The van der Waals surface area contributed by atoms with Crippen LogP contribution < -0.4 is 29.1 Å². The number of hydrogen-bond donors (Lipinski definition) is 0. The molecule has 0 N–H and O–H groups in total. The monoisotopic (exact) mass is 700 g/mol. The zero-order chi connectivity index (χ0) is 31.5. The van der Waals surface area contributed by atoms with E-state index in [1.165, 1.54) is 42.3 Å². The van der Waals surface area contributed by atoms with E-state index in [0.29, 0.717) is 52.9 Å². The van der Waals surface area contributed by atoms with Crippen molar-refractivity contribution in [2.24, 2.45) is 4.99 Å². The molecule has 0 amide bonds. The molecule has 12 heteroatoms. The second-order valence-electron chi connectivity index (χ2n) is 9.63. The van der Waals surface area contributed by atoms with E-state index >= 15 is 0 Å². The van der Waals surface area contributed by atoms with Crippen LogP contribution in [0.15, 0.2) is 80.1 Å². The fraction of sp³-hybridized carbons (Fsp3) is 0.219. The molecule has 0 bridgehead atoms. The first-order valence-corrected chi connectivity index (χ1v) is 15.4. The molecule has 3 aromatic carbocycles. The van der Waals surface area contributed by atoms with Gasteiger partial charge in [0.2, 0.25) is 0 Å². The van der Waals surface area contributed by atoms with Crippen LogP contribution in [0, 0.1) is 5.82 Å². The number of hydrogen-bond acceptors (Lipinski definition) is 8. The van der Waals surface area contributed by atoms with Gasteiger partial charge in [0, 0.05) is 15.1 Å². The summed E-state index contributed by atoms with van der Waals surface area (Å²) in [6.45, 7) is 3.75. The minimum absolute atomic E-state index is 0.148. The molecule has 1 atom stereocenters. The quantitative estimate of drug-likeness (QED) is 0.201. The van der Waals surface area contributed by atoms with E-state index in [0.717, 1.165) is 5.56 Å². The zero-order valence-electron chi connectivity index (χ0n) is 24.2. The molecule has 228 valence electrons. The number of aromatic nitrogens is 1. The van der Waals surface area contributed by atoms with Crippen molar-refractivity contribution in [1.29, 1.82) is 0 Å². The molecular weight excluding hydrogens is 675 g/mol.